The van der Waals surface area contributed by atoms with Crippen molar-refractivity contribution in [2.75, 3.05) is 7.11 Å². The third kappa shape index (κ3) is 3.31. The number of nitrogens with two attached hydrogens (primary N) is 1. The molecule has 0 aromatic carbocycles. The van der Waals surface area contributed by atoms with E-state index < -0.39 is 0 Å². The highest BCUT2D eigenvalue weighted by Gasteiger charge is 2.25. The van der Waals surface area contributed by atoms with Gasteiger partial charge in [0, 0.05) is 25.9 Å². The van der Waals surface area contributed by atoms with E-state index in [4.69, 9.17) is 20.4 Å². The van der Waals surface area contributed by atoms with E-state index in [1.807, 2.05) is 0 Å². The van der Waals surface area contributed by atoms with Crippen LogP contribution in [0.1, 0.15) is 31.4 Å². The molecule has 1 aromatic rings. The van der Waals surface area contributed by atoms with Crippen LogP contribution in [0, 0.1) is 0 Å². The zero-order valence-corrected chi connectivity index (χ0v) is 10.8. The Morgan fingerprint density at radius 1 is 1.37 bits per heavy atom. The number of methoxy groups -OCH3 is 1. The Morgan fingerprint density at radius 3 is 2.84 bits per heavy atom. The fraction of sp³-hybridized carbons (Fsp3) is 0.583. The second-order valence-corrected chi connectivity index (χ2v) is 4.46. The highest BCUT2D eigenvalue weighted by atomic mass is 16.5. The topological polar surface area (TPSA) is 103 Å². The lowest BCUT2D eigenvalue weighted by molar-refractivity contribution is 0.0193. The Morgan fingerprint density at radius 2 is 2.11 bits per heavy atom. The van der Waals surface area contributed by atoms with Gasteiger partial charge in [0.2, 0.25) is 5.88 Å². The van der Waals surface area contributed by atoms with Crippen molar-refractivity contribution in [1.29, 1.82) is 0 Å². The largest absolute Gasteiger partial charge is 0.473 e. The second-order valence-electron chi connectivity index (χ2n) is 4.46. The predicted molar refractivity (Wildman–Crippen MR) is 68.2 cm³/mol. The molecule has 2 rings (SSSR count). The van der Waals surface area contributed by atoms with Crippen molar-refractivity contribution in [3.05, 3.63) is 18.1 Å². The molecule has 2 atom stereocenters. The summed E-state index contributed by atoms with van der Waals surface area (Å²) in [4.78, 5) is 8.11. The summed E-state index contributed by atoms with van der Waals surface area (Å²) in [6.07, 6.45) is 7.04. The van der Waals surface area contributed by atoms with E-state index in [9.17, 15) is 0 Å². The van der Waals surface area contributed by atoms with Crippen LogP contribution in [-0.2, 0) is 4.74 Å². The fourth-order valence-electron chi connectivity index (χ4n) is 2.22. The summed E-state index contributed by atoms with van der Waals surface area (Å²) in [5.41, 5.74) is 5.80. The summed E-state index contributed by atoms with van der Waals surface area (Å²) in [7, 11) is 1.71. The maximum absolute atomic E-state index is 8.72. The molecule has 1 saturated carbocycles. The average Bonchev–Trinajstić information content (AvgIpc) is 2.47. The molecule has 1 aliphatic rings. The molecular weight excluding hydrogens is 248 g/mol. The average molecular weight is 266 g/mol. The number of hydrogen-bond donors (Lipinski definition) is 2. The van der Waals surface area contributed by atoms with Gasteiger partial charge in [-0.3, -0.25) is 0 Å². The summed E-state index contributed by atoms with van der Waals surface area (Å²) < 4.78 is 11.2. The van der Waals surface area contributed by atoms with Gasteiger partial charge in [-0.15, -0.1) is 0 Å². The first-order chi connectivity index (χ1) is 9.24. The summed E-state index contributed by atoms with van der Waals surface area (Å²) in [6, 6.07) is 0. The first-order valence-electron chi connectivity index (χ1n) is 6.23. The maximum Gasteiger partial charge on any atom is 0.244 e. The van der Waals surface area contributed by atoms with E-state index in [0.29, 0.717) is 5.88 Å². The molecule has 0 radical (unpaired) electrons. The molecule has 2 unspecified atom stereocenters. The third-order valence-electron chi connectivity index (χ3n) is 3.20. The zero-order valence-electron chi connectivity index (χ0n) is 10.8. The molecule has 1 aromatic heterocycles. The highest BCUT2D eigenvalue weighted by Crippen LogP contribution is 2.25. The first kappa shape index (κ1) is 13.5. The van der Waals surface area contributed by atoms with Crippen LogP contribution >= 0.6 is 0 Å². The number of oxime groups is 1. The minimum atomic E-state index is -0.109. The number of amidine groups is 1. The zero-order chi connectivity index (χ0) is 13.7. The number of nitrogens with zero attached hydrogens (tertiary/aromatic N) is 3. The van der Waals surface area contributed by atoms with Crippen LogP contribution in [-0.4, -0.2) is 40.3 Å². The molecule has 1 aliphatic carbocycles. The lowest BCUT2D eigenvalue weighted by Crippen LogP contribution is -2.30. The molecule has 3 N–H and O–H groups in total. The lowest BCUT2D eigenvalue weighted by atomic mass is 9.95. The van der Waals surface area contributed by atoms with E-state index in [1.165, 1.54) is 12.4 Å². The lowest BCUT2D eigenvalue weighted by Gasteiger charge is -2.28. The van der Waals surface area contributed by atoms with Crippen molar-refractivity contribution >= 4 is 5.84 Å². The van der Waals surface area contributed by atoms with Gasteiger partial charge < -0.3 is 20.4 Å². The Kier molecular flexibility index (Phi) is 4.51. The molecule has 104 valence electrons. The number of hydrogen-bond acceptors (Lipinski definition) is 6. The van der Waals surface area contributed by atoms with E-state index in [1.54, 1.807) is 7.11 Å². The molecule has 0 saturated heterocycles. The van der Waals surface area contributed by atoms with Crippen LogP contribution in [0.4, 0.5) is 0 Å². The minimum absolute atomic E-state index is 0.0145. The summed E-state index contributed by atoms with van der Waals surface area (Å²) in [5.74, 6) is 0.182. The number of rotatable bonds is 4. The molecular formula is C12H18N4O3. The Hall–Kier alpha value is -1.89. The molecule has 7 heteroatoms. The van der Waals surface area contributed by atoms with Crippen LogP contribution in [0.2, 0.25) is 0 Å². The van der Waals surface area contributed by atoms with Crippen molar-refractivity contribution in [2.45, 2.75) is 37.9 Å². The summed E-state index contributed by atoms with van der Waals surface area (Å²) in [6.45, 7) is 0. The fourth-order valence-corrected chi connectivity index (χ4v) is 2.22. The van der Waals surface area contributed by atoms with E-state index in [2.05, 4.69) is 15.1 Å². The van der Waals surface area contributed by atoms with Crippen molar-refractivity contribution < 1.29 is 14.7 Å². The van der Waals surface area contributed by atoms with Gasteiger partial charge in [0.1, 0.15) is 6.10 Å². The van der Waals surface area contributed by atoms with Crippen molar-refractivity contribution in [3.63, 3.8) is 0 Å². The van der Waals surface area contributed by atoms with Crippen LogP contribution < -0.4 is 10.5 Å². The smallest absolute Gasteiger partial charge is 0.244 e. The van der Waals surface area contributed by atoms with Crippen LogP contribution in [0.15, 0.2) is 17.5 Å². The molecule has 0 aliphatic heterocycles. The van der Waals surface area contributed by atoms with Gasteiger partial charge in [0.15, 0.2) is 11.5 Å². The standard InChI is InChI=1S/C12H18N4O3/c1-18-8-3-2-4-9(7-8)19-12-10(11(13)16-17)14-5-6-15-12/h5-6,8-9,17H,2-4,7H2,1H3,(H2,13,16). The molecule has 0 bridgehead atoms. The van der Waals surface area contributed by atoms with Crippen molar-refractivity contribution in [1.82, 2.24) is 9.97 Å². The van der Waals surface area contributed by atoms with Gasteiger partial charge in [-0.1, -0.05) is 5.16 Å². The number of ether oxygens (including phenoxy) is 2. The van der Waals surface area contributed by atoms with E-state index in [0.717, 1.165) is 25.7 Å². The summed E-state index contributed by atoms with van der Waals surface area (Å²) >= 11 is 0. The molecule has 7 nitrogen and oxygen atoms in total. The third-order valence-corrected chi connectivity index (χ3v) is 3.20. The van der Waals surface area contributed by atoms with Crippen LogP contribution in [0.3, 0.4) is 0 Å². The van der Waals surface area contributed by atoms with Gasteiger partial charge in [0.25, 0.3) is 0 Å². The second kappa shape index (κ2) is 6.33. The Labute approximate surface area is 111 Å². The van der Waals surface area contributed by atoms with Gasteiger partial charge in [-0.2, -0.15) is 0 Å². The first-order valence-corrected chi connectivity index (χ1v) is 6.23. The Bertz CT molecular complexity index is 452. The maximum atomic E-state index is 8.72. The van der Waals surface area contributed by atoms with E-state index >= 15 is 0 Å². The van der Waals surface area contributed by atoms with Gasteiger partial charge >= 0.3 is 0 Å². The van der Waals surface area contributed by atoms with Crippen LogP contribution in [0.25, 0.3) is 0 Å². The van der Waals surface area contributed by atoms with E-state index in [-0.39, 0.29) is 23.7 Å². The SMILES string of the molecule is COC1CCCC(Oc2nccnc2C(N)=NO)C1. The summed E-state index contributed by atoms with van der Waals surface area (Å²) in [5, 5.41) is 11.6. The highest BCUT2D eigenvalue weighted by molar-refractivity contribution is 5.97. The molecule has 1 heterocycles. The monoisotopic (exact) mass is 266 g/mol. The Balaban J connectivity index is 2.10. The quantitative estimate of drug-likeness (QED) is 0.363. The molecule has 1 fully saturated rings. The molecule has 19 heavy (non-hydrogen) atoms. The molecule has 0 spiro atoms. The van der Waals surface area contributed by atoms with Crippen molar-refractivity contribution in [3.8, 4) is 5.88 Å². The molecule has 0 amide bonds. The van der Waals surface area contributed by atoms with Crippen molar-refractivity contribution in [2.24, 2.45) is 10.9 Å². The van der Waals surface area contributed by atoms with Gasteiger partial charge in [-0.05, 0) is 19.3 Å². The predicted octanol–water partition coefficient (Wildman–Crippen LogP) is 0.907. The minimum Gasteiger partial charge on any atom is -0.473 e. The van der Waals surface area contributed by atoms with Crippen LogP contribution in [0.5, 0.6) is 5.88 Å². The number of aromatic nitrogens is 2. The normalized spacial score (nSPS) is 24.2. The van der Waals surface area contributed by atoms with Gasteiger partial charge in [-0.25, -0.2) is 9.97 Å². The van der Waals surface area contributed by atoms with Gasteiger partial charge in [0.05, 0.1) is 6.10 Å².